The molecule has 9 nitrogen and oxygen atoms in total. The van der Waals surface area contributed by atoms with Gasteiger partial charge in [-0.15, -0.1) is 0 Å². The number of fused-ring (bicyclic) bond motifs is 1. The van der Waals surface area contributed by atoms with Crippen molar-refractivity contribution in [3.05, 3.63) is 52.2 Å². The molecule has 3 heterocycles. The molecule has 1 aromatic carbocycles. The number of alkyl halides is 3. The van der Waals surface area contributed by atoms with Crippen molar-refractivity contribution in [3.63, 3.8) is 0 Å². The molecule has 0 spiro atoms. The molecule has 2 N–H and O–H groups in total. The Hall–Kier alpha value is -3.99. The highest BCUT2D eigenvalue weighted by molar-refractivity contribution is 5.91. The number of halogens is 5. The zero-order chi connectivity index (χ0) is 33.5. The zero-order valence-corrected chi connectivity index (χ0v) is 26.1. The van der Waals surface area contributed by atoms with Crippen LogP contribution >= 0.6 is 0 Å². The lowest BCUT2D eigenvalue weighted by atomic mass is 9.73. The fourth-order valence-electron chi connectivity index (χ4n) is 7.14. The first-order chi connectivity index (χ1) is 21.7. The fourth-order valence-corrected chi connectivity index (χ4v) is 7.14. The molecule has 0 unspecified atom stereocenters. The smallest absolute Gasteiger partial charge is 0.417 e. The van der Waals surface area contributed by atoms with Gasteiger partial charge in [-0.05, 0) is 69.7 Å². The van der Waals surface area contributed by atoms with E-state index in [1.54, 1.807) is 6.92 Å². The van der Waals surface area contributed by atoms with Gasteiger partial charge >= 0.3 is 12.2 Å². The molecule has 2 fully saturated rings. The third-order valence-corrected chi connectivity index (χ3v) is 9.53. The maximum Gasteiger partial charge on any atom is 0.417 e. The van der Waals surface area contributed by atoms with Crippen molar-refractivity contribution in [3.8, 4) is 12.1 Å². The molecule has 1 amide bonds. The summed E-state index contributed by atoms with van der Waals surface area (Å²) in [6, 6.07) is 2.58. The number of anilines is 2. The number of likely N-dealkylation sites (N-methyl/N-ethyl adjacent to an activating group) is 1. The van der Waals surface area contributed by atoms with Crippen LogP contribution in [-0.4, -0.2) is 77.6 Å². The SMILES string of the molecule is C=C(F)C(=O)N1CCN(c2nc(OC[C@@H]3CCCN3C)nc3c2C[C@H](C)[C@@H](c2c(F)c(N)cc(C)c2C(F)(F)F)C3)C[C@H]1CC#N. The highest BCUT2D eigenvalue weighted by Crippen LogP contribution is 2.47. The average molecular weight is 648 g/mol. The predicted molar refractivity (Wildman–Crippen MR) is 161 cm³/mol. The Balaban J connectivity index is 1.56. The molecule has 0 radical (unpaired) electrons. The van der Waals surface area contributed by atoms with Crippen molar-refractivity contribution >= 4 is 17.4 Å². The molecule has 248 valence electrons. The van der Waals surface area contributed by atoms with Gasteiger partial charge in [0.1, 0.15) is 18.2 Å². The monoisotopic (exact) mass is 647 g/mol. The average Bonchev–Trinajstić information content (AvgIpc) is 3.40. The number of hydrogen-bond donors (Lipinski definition) is 1. The van der Waals surface area contributed by atoms with Crippen molar-refractivity contribution in [1.29, 1.82) is 5.26 Å². The maximum atomic E-state index is 15.6. The highest BCUT2D eigenvalue weighted by Gasteiger charge is 2.43. The number of piperazine rings is 1. The van der Waals surface area contributed by atoms with Gasteiger partial charge in [-0.1, -0.05) is 13.5 Å². The molecule has 5 rings (SSSR count). The number of ether oxygens (including phenoxy) is 1. The van der Waals surface area contributed by atoms with Gasteiger partial charge in [-0.2, -0.15) is 28.4 Å². The third kappa shape index (κ3) is 6.47. The largest absolute Gasteiger partial charge is 0.462 e. The summed E-state index contributed by atoms with van der Waals surface area (Å²) in [5.74, 6) is -3.96. The summed E-state index contributed by atoms with van der Waals surface area (Å²) in [5, 5.41) is 9.47. The van der Waals surface area contributed by atoms with E-state index in [1.165, 1.54) is 11.8 Å². The van der Waals surface area contributed by atoms with Crippen LogP contribution in [0.25, 0.3) is 0 Å². The molecule has 0 saturated carbocycles. The minimum Gasteiger partial charge on any atom is -0.462 e. The van der Waals surface area contributed by atoms with Crippen LogP contribution in [0, 0.1) is 30.0 Å². The molecule has 14 heteroatoms. The Kier molecular flexibility index (Phi) is 9.45. The Morgan fingerprint density at radius 1 is 1.22 bits per heavy atom. The third-order valence-electron chi connectivity index (χ3n) is 9.53. The number of carbonyl (C=O) groups is 1. The van der Waals surface area contributed by atoms with Gasteiger partial charge < -0.3 is 25.2 Å². The second-order valence-electron chi connectivity index (χ2n) is 12.6. The number of likely N-dealkylation sites (tertiary alicyclic amines) is 1. The molecule has 2 aromatic rings. The fraction of sp³-hybridized carbons (Fsp3) is 0.562. The van der Waals surface area contributed by atoms with Gasteiger partial charge in [-0.25, -0.2) is 8.78 Å². The molecule has 3 aliphatic rings. The summed E-state index contributed by atoms with van der Waals surface area (Å²) >= 11 is 0. The van der Waals surface area contributed by atoms with Crippen LogP contribution in [0.1, 0.15) is 60.1 Å². The first kappa shape index (κ1) is 33.4. The van der Waals surface area contributed by atoms with Crippen molar-refractivity contribution < 1.29 is 31.5 Å². The number of nitrogens with zero attached hydrogens (tertiary/aromatic N) is 6. The lowest BCUT2D eigenvalue weighted by Gasteiger charge is -2.42. The van der Waals surface area contributed by atoms with E-state index in [0.717, 1.165) is 25.5 Å². The number of aromatic nitrogens is 2. The molecular weight excluding hydrogens is 609 g/mol. The molecule has 1 aliphatic carbocycles. The van der Waals surface area contributed by atoms with Gasteiger partial charge in [-0.3, -0.25) is 4.79 Å². The zero-order valence-electron chi connectivity index (χ0n) is 26.1. The summed E-state index contributed by atoms with van der Waals surface area (Å²) in [7, 11) is 1.99. The molecule has 2 aliphatic heterocycles. The number of amides is 1. The van der Waals surface area contributed by atoms with Crippen LogP contribution in [-0.2, 0) is 23.8 Å². The van der Waals surface area contributed by atoms with Gasteiger partial charge in [0, 0.05) is 36.8 Å². The van der Waals surface area contributed by atoms with Crippen LogP contribution in [0.5, 0.6) is 6.01 Å². The van der Waals surface area contributed by atoms with Gasteiger partial charge in [0.05, 0.1) is 35.5 Å². The summed E-state index contributed by atoms with van der Waals surface area (Å²) in [4.78, 5) is 27.2. The maximum absolute atomic E-state index is 15.6. The molecule has 0 bridgehead atoms. The molecule has 46 heavy (non-hydrogen) atoms. The molecule has 1 aromatic heterocycles. The standard InChI is InChI=1S/C32H38F5N7O2/c1-17-12-23-25(14-22(17)26-27(32(35,36)37)18(2)13-24(39)28(26)34)40-31(46-16-21-6-5-9-42(21)4)41-29(23)43-10-11-44(30(45)19(3)33)20(15-43)7-8-38/h13,17,20-22H,3,5-7,9-12,14-16,39H2,1-2,4H3/t17-,20+,21-,22-/m0/s1. The lowest BCUT2D eigenvalue weighted by molar-refractivity contribution is -0.139. The van der Waals surface area contributed by atoms with E-state index >= 15 is 4.39 Å². The minimum absolute atomic E-state index is 0.0175. The van der Waals surface area contributed by atoms with E-state index in [0.29, 0.717) is 23.7 Å². The number of hydrogen-bond acceptors (Lipinski definition) is 8. The number of nitrogen functional groups attached to an aromatic ring is 1. The Morgan fingerprint density at radius 3 is 2.59 bits per heavy atom. The van der Waals surface area contributed by atoms with Crippen LogP contribution in [0.2, 0.25) is 0 Å². The van der Waals surface area contributed by atoms with Crippen molar-refractivity contribution in [2.75, 3.05) is 50.5 Å². The van der Waals surface area contributed by atoms with E-state index in [9.17, 15) is 27.6 Å². The Labute approximate surface area is 264 Å². The summed E-state index contributed by atoms with van der Waals surface area (Å²) in [5.41, 5.74) is 4.96. The van der Waals surface area contributed by atoms with E-state index in [4.69, 9.17) is 15.5 Å². The molecule has 4 atom stereocenters. The number of nitriles is 1. The number of rotatable bonds is 7. The number of aryl methyl sites for hydroxylation is 1. The van der Waals surface area contributed by atoms with Crippen molar-refractivity contribution in [2.45, 2.75) is 70.1 Å². The number of nitrogens with two attached hydrogens (primary N) is 1. The van der Waals surface area contributed by atoms with E-state index < -0.39 is 52.7 Å². The lowest BCUT2D eigenvalue weighted by Crippen LogP contribution is -2.55. The Bertz CT molecular complexity index is 1560. The Morgan fingerprint density at radius 2 is 1.96 bits per heavy atom. The van der Waals surface area contributed by atoms with E-state index in [1.807, 2.05) is 11.9 Å². The van der Waals surface area contributed by atoms with Gasteiger partial charge in [0.25, 0.3) is 5.91 Å². The normalized spacial score (nSPS) is 23.6. The summed E-state index contributed by atoms with van der Waals surface area (Å²) in [6.45, 7) is 7.86. The molecule has 2 saturated heterocycles. The molecular formula is C32H38F5N7O2. The van der Waals surface area contributed by atoms with Gasteiger partial charge in [0.15, 0.2) is 5.83 Å². The van der Waals surface area contributed by atoms with E-state index in [2.05, 4.69) is 22.5 Å². The van der Waals surface area contributed by atoms with Crippen molar-refractivity contribution in [2.24, 2.45) is 5.92 Å². The van der Waals surface area contributed by atoms with Crippen molar-refractivity contribution in [1.82, 2.24) is 19.8 Å². The second-order valence-corrected chi connectivity index (χ2v) is 12.6. The first-order valence-electron chi connectivity index (χ1n) is 15.4. The van der Waals surface area contributed by atoms with Crippen LogP contribution < -0.4 is 15.4 Å². The highest BCUT2D eigenvalue weighted by atomic mass is 19.4. The van der Waals surface area contributed by atoms with Crippen LogP contribution in [0.3, 0.4) is 0 Å². The number of benzene rings is 1. The first-order valence-corrected chi connectivity index (χ1v) is 15.4. The van der Waals surface area contributed by atoms with Crippen LogP contribution in [0.4, 0.5) is 33.5 Å². The number of carbonyl (C=O) groups excluding carboxylic acids is 1. The minimum atomic E-state index is -4.80. The summed E-state index contributed by atoms with van der Waals surface area (Å²) in [6.07, 6.45) is -2.71. The predicted octanol–water partition coefficient (Wildman–Crippen LogP) is 4.93. The quantitative estimate of drug-likeness (QED) is 0.256. The topological polar surface area (TPSA) is 112 Å². The summed E-state index contributed by atoms with van der Waals surface area (Å²) < 4.78 is 78.5. The van der Waals surface area contributed by atoms with Crippen LogP contribution in [0.15, 0.2) is 18.5 Å². The second kappa shape index (κ2) is 13.0. The van der Waals surface area contributed by atoms with E-state index in [-0.39, 0.29) is 62.2 Å². The van der Waals surface area contributed by atoms with Gasteiger partial charge in [0.2, 0.25) is 0 Å².